The van der Waals surface area contributed by atoms with Crippen LogP contribution in [-0.4, -0.2) is 40.8 Å². The third-order valence-corrected chi connectivity index (χ3v) is 3.49. The van der Waals surface area contributed by atoms with Crippen molar-refractivity contribution >= 4 is 19.8 Å². The first-order valence-electron chi connectivity index (χ1n) is 4.96. The molecule has 0 aliphatic rings. The van der Waals surface area contributed by atoms with Crippen LogP contribution in [0.2, 0.25) is 0 Å². The van der Waals surface area contributed by atoms with E-state index in [1.807, 2.05) is 0 Å². The summed E-state index contributed by atoms with van der Waals surface area (Å²) in [7, 11) is -3.05. The average molecular weight is 246 g/mol. The second kappa shape index (κ2) is 6.52. The van der Waals surface area contributed by atoms with E-state index < -0.39 is 7.60 Å². The van der Waals surface area contributed by atoms with E-state index in [2.05, 4.69) is 20.2 Å². The summed E-state index contributed by atoms with van der Waals surface area (Å²) in [6.45, 7) is 4.21. The first-order valence-corrected chi connectivity index (χ1v) is 6.69. The molecular formula is C8H15N4O3P. The molecule has 7 nitrogen and oxygen atoms in total. The summed E-state index contributed by atoms with van der Waals surface area (Å²) in [5.74, 6) is 0.361. The van der Waals surface area contributed by atoms with E-state index in [4.69, 9.17) is 9.05 Å². The van der Waals surface area contributed by atoms with E-state index in [0.717, 1.165) is 0 Å². The normalized spacial score (nSPS) is 12.4. The van der Waals surface area contributed by atoms with E-state index in [-0.39, 0.29) is 6.16 Å². The van der Waals surface area contributed by atoms with Gasteiger partial charge in [0.2, 0.25) is 5.95 Å². The zero-order valence-corrected chi connectivity index (χ0v) is 10.2. The van der Waals surface area contributed by atoms with Crippen molar-refractivity contribution in [1.82, 2.24) is 15.2 Å². The SMILES string of the molecule is CCOP(=O)(CC=Nc1ncn[nH]1)OCC. The highest BCUT2D eigenvalue weighted by molar-refractivity contribution is 7.54. The molecule has 1 N–H and O–H groups in total. The molecule has 0 aliphatic carbocycles. The van der Waals surface area contributed by atoms with Gasteiger partial charge in [0.05, 0.1) is 19.4 Å². The highest BCUT2D eigenvalue weighted by Gasteiger charge is 2.21. The Bertz CT molecular complexity index is 355. The van der Waals surface area contributed by atoms with Crippen molar-refractivity contribution in [2.45, 2.75) is 13.8 Å². The Balaban J connectivity index is 2.53. The van der Waals surface area contributed by atoms with Crippen molar-refractivity contribution in [2.75, 3.05) is 19.4 Å². The molecule has 0 amide bonds. The van der Waals surface area contributed by atoms with Crippen LogP contribution in [0.4, 0.5) is 5.95 Å². The summed E-state index contributed by atoms with van der Waals surface area (Å²) in [6, 6.07) is 0. The highest BCUT2D eigenvalue weighted by atomic mass is 31.2. The van der Waals surface area contributed by atoms with Gasteiger partial charge in [-0.05, 0) is 13.8 Å². The predicted octanol–water partition coefficient (Wildman–Crippen LogP) is 1.77. The molecule has 0 atom stereocenters. The Morgan fingerprint density at radius 3 is 2.69 bits per heavy atom. The van der Waals surface area contributed by atoms with Crippen molar-refractivity contribution < 1.29 is 13.6 Å². The Labute approximate surface area is 93.8 Å². The van der Waals surface area contributed by atoms with Crippen molar-refractivity contribution in [3.63, 3.8) is 0 Å². The first-order chi connectivity index (χ1) is 7.70. The maximum absolute atomic E-state index is 12.0. The molecule has 1 aromatic heterocycles. The lowest BCUT2D eigenvalue weighted by atomic mass is 10.8. The third-order valence-electron chi connectivity index (χ3n) is 1.57. The molecule has 1 heterocycles. The molecular weight excluding hydrogens is 231 g/mol. The third kappa shape index (κ3) is 4.22. The molecule has 0 radical (unpaired) electrons. The Kier molecular flexibility index (Phi) is 5.31. The lowest BCUT2D eigenvalue weighted by molar-refractivity contribution is 0.223. The minimum Gasteiger partial charge on any atom is -0.309 e. The summed E-state index contributed by atoms with van der Waals surface area (Å²) in [5.41, 5.74) is 0. The highest BCUT2D eigenvalue weighted by Crippen LogP contribution is 2.46. The second-order valence-electron chi connectivity index (χ2n) is 2.75. The zero-order valence-electron chi connectivity index (χ0n) is 9.29. The Morgan fingerprint density at radius 1 is 1.50 bits per heavy atom. The minimum absolute atomic E-state index is 0.120. The fourth-order valence-electron chi connectivity index (χ4n) is 1.02. The van der Waals surface area contributed by atoms with Gasteiger partial charge in [-0.15, -0.1) is 0 Å². The summed E-state index contributed by atoms with van der Waals surface area (Å²) in [4.78, 5) is 7.72. The second-order valence-corrected chi connectivity index (χ2v) is 4.85. The number of hydrogen-bond donors (Lipinski definition) is 1. The maximum atomic E-state index is 12.0. The molecule has 0 bridgehead atoms. The molecule has 0 saturated heterocycles. The summed E-state index contributed by atoms with van der Waals surface area (Å²) < 4.78 is 22.1. The van der Waals surface area contributed by atoms with Crippen LogP contribution in [0.5, 0.6) is 0 Å². The van der Waals surface area contributed by atoms with Crippen LogP contribution in [0, 0.1) is 0 Å². The van der Waals surface area contributed by atoms with Gasteiger partial charge >= 0.3 is 7.60 Å². The van der Waals surface area contributed by atoms with E-state index in [1.54, 1.807) is 13.8 Å². The number of nitrogens with zero attached hydrogens (tertiary/aromatic N) is 3. The molecule has 16 heavy (non-hydrogen) atoms. The van der Waals surface area contributed by atoms with Crippen molar-refractivity contribution in [3.05, 3.63) is 6.33 Å². The Hall–Kier alpha value is -1.04. The monoisotopic (exact) mass is 246 g/mol. The number of rotatable bonds is 7. The minimum atomic E-state index is -3.05. The topological polar surface area (TPSA) is 89.5 Å². The van der Waals surface area contributed by atoms with Gasteiger partial charge < -0.3 is 9.05 Å². The largest absolute Gasteiger partial charge is 0.335 e. The lowest BCUT2D eigenvalue weighted by Crippen LogP contribution is -2.00. The fourth-order valence-corrected chi connectivity index (χ4v) is 2.38. The molecule has 1 aromatic rings. The van der Waals surface area contributed by atoms with Gasteiger partial charge in [-0.3, -0.25) is 4.57 Å². The number of H-pyrrole nitrogens is 1. The van der Waals surface area contributed by atoms with Crippen molar-refractivity contribution in [2.24, 2.45) is 4.99 Å². The van der Waals surface area contributed by atoms with Gasteiger partial charge in [0.1, 0.15) is 6.33 Å². The van der Waals surface area contributed by atoms with Crippen LogP contribution < -0.4 is 0 Å². The van der Waals surface area contributed by atoms with Crippen LogP contribution >= 0.6 is 7.60 Å². The van der Waals surface area contributed by atoms with Crippen LogP contribution in [0.15, 0.2) is 11.3 Å². The van der Waals surface area contributed by atoms with Gasteiger partial charge in [-0.25, -0.2) is 10.1 Å². The van der Waals surface area contributed by atoms with Crippen LogP contribution in [-0.2, 0) is 13.6 Å². The zero-order chi connectivity index (χ0) is 11.9. The number of aliphatic imine (C=N–C) groups is 1. The van der Waals surface area contributed by atoms with Crippen molar-refractivity contribution in [1.29, 1.82) is 0 Å². The molecule has 1 rings (SSSR count). The van der Waals surface area contributed by atoms with E-state index in [0.29, 0.717) is 19.2 Å². The van der Waals surface area contributed by atoms with Crippen LogP contribution in [0.1, 0.15) is 13.8 Å². The molecule has 0 unspecified atom stereocenters. The van der Waals surface area contributed by atoms with Crippen LogP contribution in [0.3, 0.4) is 0 Å². The molecule has 8 heteroatoms. The average Bonchev–Trinajstić information content (AvgIpc) is 2.71. The standard InChI is InChI=1S/C8H15N4O3P/c1-3-14-16(13,15-4-2)6-5-9-8-10-7-11-12-8/h5,7H,3-4,6H2,1-2H3,(H,10,11,12). The quantitative estimate of drug-likeness (QED) is 0.585. The van der Waals surface area contributed by atoms with Crippen LogP contribution in [0.25, 0.3) is 0 Å². The molecule has 90 valence electrons. The van der Waals surface area contributed by atoms with E-state index in [9.17, 15) is 4.57 Å². The summed E-state index contributed by atoms with van der Waals surface area (Å²) in [6.07, 6.45) is 2.92. The van der Waals surface area contributed by atoms with E-state index in [1.165, 1.54) is 12.5 Å². The van der Waals surface area contributed by atoms with Crippen molar-refractivity contribution in [3.8, 4) is 0 Å². The predicted molar refractivity (Wildman–Crippen MR) is 60.3 cm³/mol. The fraction of sp³-hybridized carbons (Fsp3) is 0.625. The summed E-state index contributed by atoms with van der Waals surface area (Å²) in [5, 5.41) is 6.19. The van der Waals surface area contributed by atoms with Gasteiger partial charge in [-0.1, -0.05) is 0 Å². The molecule has 0 fully saturated rings. The molecule has 0 saturated carbocycles. The first kappa shape index (κ1) is 13.0. The Morgan fingerprint density at radius 2 is 2.19 bits per heavy atom. The smallest absolute Gasteiger partial charge is 0.309 e. The van der Waals surface area contributed by atoms with Gasteiger partial charge in [-0.2, -0.15) is 10.1 Å². The van der Waals surface area contributed by atoms with Gasteiger partial charge in [0, 0.05) is 6.21 Å². The molecule has 0 spiro atoms. The molecule has 0 aromatic carbocycles. The number of nitrogens with one attached hydrogen (secondary N) is 1. The maximum Gasteiger partial charge on any atom is 0.335 e. The van der Waals surface area contributed by atoms with Gasteiger partial charge in [0.15, 0.2) is 0 Å². The number of aromatic amines is 1. The number of aromatic nitrogens is 3. The number of hydrogen-bond acceptors (Lipinski definition) is 6. The summed E-state index contributed by atoms with van der Waals surface area (Å²) >= 11 is 0. The van der Waals surface area contributed by atoms with Gasteiger partial charge in [0.25, 0.3) is 0 Å². The molecule has 0 aliphatic heterocycles. The van der Waals surface area contributed by atoms with E-state index >= 15 is 0 Å². The lowest BCUT2D eigenvalue weighted by Gasteiger charge is -2.14.